The van der Waals surface area contributed by atoms with Gasteiger partial charge in [0.25, 0.3) is 0 Å². The number of nitrogen functional groups attached to an aromatic ring is 1. The Morgan fingerprint density at radius 2 is 2.07 bits per heavy atom. The van der Waals surface area contributed by atoms with E-state index >= 15 is 0 Å². The maximum atomic E-state index is 5.66. The van der Waals surface area contributed by atoms with Crippen molar-refractivity contribution in [1.29, 1.82) is 0 Å². The van der Waals surface area contributed by atoms with Crippen molar-refractivity contribution in [2.45, 2.75) is 31.7 Å². The number of nitrogens with zero attached hydrogens (tertiary/aromatic N) is 3. The van der Waals surface area contributed by atoms with Crippen LogP contribution in [0, 0.1) is 5.92 Å². The van der Waals surface area contributed by atoms with Crippen LogP contribution in [0.3, 0.4) is 0 Å². The smallest absolute Gasteiger partial charge is 0.149 e. The number of rotatable bonds is 4. The van der Waals surface area contributed by atoms with Gasteiger partial charge in [0.2, 0.25) is 0 Å². The fourth-order valence-corrected chi connectivity index (χ4v) is 1.90. The van der Waals surface area contributed by atoms with E-state index in [1.54, 1.807) is 6.20 Å². The zero-order valence-electron chi connectivity index (χ0n) is 8.76. The molecule has 80 valence electrons. The van der Waals surface area contributed by atoms with Gasteiger partial charge in [-0.1, -0.05) is 0 Å². The monoisotopic (exact) mass is 204 g/mol. The van der Waals surface area contributed by atoms with Gasteiger partial charge in [0.05, 0.1) is 12.4 Å². The Kier molecular flexibility index (Phi) is 2.01. The average Bonchev–Trinajstić information content (AvgIpc) is 3.08. The van der Waals surface area contributed by atoms with Crippen molar-refractivity contribution in [2.75, 3.05) is 17.2 Å². The number of anilines is 2. The Bertz CT molecular complexity index is 357. The highest BCUT2D eigenvalue weighted by Gasteiger charge is 2.34. The van der Waals surface area contributed by atoms with E-state index in [0.29, 0.717) is 11.9 Å². The maximum Gasteiger partial charge on any atom is 0.149 e. The van der Waals surface area contributed by atoms with E-state index in [1.807, 2.05) is 6.20 Å². The van der Waals surface area contributed by atoms with Crippen molar-refractivity contribution in [3.05, 3.63) is 12.4 Å². The molecule has 15 heavy (non-hydrogen) atoms. The van der Waals surface area contributed by atoms with Crippen LogP contribution in [-0.4, -0.2) is 22.6 Å². The fourth-order valence-electron chi connectivity index (χ4n) is 1.90. The first-order chi connectivity index (χ1) is 7.33. The highest BCUT2D eigenvalue weighted by molar-refractivity contribution is 5.44. The molecule has 2 saturated carbocycles. The molecule has 0 aliphatic heterocycles. The summed E-state index contributed by atoms with van der Waals surface area (Å²) in [6.07, 6.45) is 8.77. The molecular weight excluding hydrogens is 188 g/mol. The summed E-state index contributed by atoms with van der Waals surface area (Å²) in [6, 6.07) is 0.696. The van der Waals surface area contributed by atoms with E-state index in [9.17, 15) is 0 Å². The van der Waals surface area contributed by atoms with E-state index < -0.39 is 0 Å². The predicted molar refractivity (Wildman–Crippen MR) is 59.5 cm³/mol. The first-order valence-corrected chi connectivity index (χ1v) is 5.67. The van der Waals surface area contributed by atoms with E-state index in [-0.39, 0.29) is 0 Å². The molecule has 0 atom stereocenters. The first-order valence-electron chi connectivity index (χ1n) is 5.67. The summed E-state index contributed by atoms with van der Waals surface area (Å²) in [6.45, 7) is 1.14. The SMILES string of the molecule is Nc1cncc(N(CC2CC2)C2CC2)n1. The highest BCUT2D eigenvalue weighted by Crippen LogP contribution is 2.36. The summed E-state index contributed by atoms with van der Waals surface area (Å²) in [5, 5.41) is 0. The Labute approximate surface area is 89.5 Å². The molecule has 3 rings (SSSR count). The molecule has 1 aromatic rings. The van der Waals surface area contributed by atoms with Gasteiger partial charge >= 0.3 is 0 Å². The van der Waals surface area contributed by atoms with Gasteiger partial charge in [-0.25, -0.2) is 4.98 Å². The predicted octanol–water partition coefficient (Wildman–Crippen LogP) is 1.44. The number of aromatic nitrogens is 2. The minimum Gasteiger partial charge on any atom is -0.382 e. The zero-order chi connectivity index (χ0) is 10.3. The third-order valence-electron chi connectivity index (χ3n) is 3.07. The van der Waals surface area contributed by atoms with Gasteiger partial charge in [0.15, 0.2) is 0 Å². The quantitative estimate of drug-likeness (QED) is 0.806. The zero-order valence-corrected chi connectivity index (χ0v) is 8.76. The maximum absolute atomic E-state index is 5.66. The third kappa shape index (κ3) is 2.03. The molecule has 4 heteroatoms. The molecule has 4 nitrogen and oxygen atoms in total. The molecule has 0 bridgehead atoms. The van der Waals surface area contributed by atoms with Crippen molar-refractivity contribution >= 4 is 11.6 Å². The van der Waals surface area contributed by atoms with Gasteiger partial charge in [-0.3, -0.25) is 4.98 Å². The van der Waals surface area contributed by atoms with Crippen LogP contribution < -0.4 is 10.6 Å². The molecule has 2 aliphatic carbocycles. The van der Waals surface area contributed by atoms with E-state index in [2.05, 4.69) is 14.9 Å². The van der Waals surface area contributed by atoms with Gasteiger partial charge < -0.3 is 10.6 Å². The van der Waals surface area contributed by atoms with Crippen LogP contribution in [0.25, 0.3) is 0 Å². The summed E-state index contributed by atoms with van der Waals surface area (Å²) in [7, 11) is 0. The molecule has 2 N–H and O–H groups in total. The number of hydrogen-bond donors (Lipinski definition) is 1. The number of nitrogens with two attached hydrogens (primary N) is 1. The molecule has 2 fully saturated rings. The highest BCUT2D eigenvalue weighted by atomic mass is 15.2. The Morgan fingerprint density at radius 1 is 1.27 bits per heavy atom. The second-order valence-corrected chi connectivity index (χ2v) is 4.63. The summed E-state index contributed by atoms with van der Waals surface area (Å²) in [5.74, 6) is 2.37. The lowest BCUT2D eigenvalue weighted by atomic mass is 10.3. The van der Waals surface area contributed by atoms with Crippen LogP contribution in [0.15, 0.2) is 12.4 Å². The van der Waals surface area contributed by atoms with Crippen molar-refractivity contribution in [3.8, 4) is 0 Å². The van der Waals surface area contributed by atoms with Crippen molar-refractivity contribution in [2.24, 2.45) is 5.92 Å². The molecule has 0 spiro atoms. The minimum absolute atomic E-state index is 0.522. The molecule has 1 aromatic heterocycles. The van der Waals surface area contributed by atoms with Crippen molar-refractivity contribution < 1.29 is 0 Å². The molecule has 0 saturated heterocycles. The van der Waals surface area contributed by atoms with Crippen LogP contribution in [0.2, 0.25) is 0 Å². The lowest BCUT2D eigenvalue weighted by Crippen LogP contribution is -2.29. The Balaban J connectivity index is 1.80. The van der Waals surface area contributed by atoms with Gasteiger partial charge in [0, 0.05) is 12.6 Å². The van der Waals surface area contributed by atoms with E-state index in [0.717, 1.165) is 18.3 Å². The molecular formula is C11H16N4. The van der Waals surface area contributed by atoms with E-state index in [1.165, 1.54) is 25.7 Å². The average molecular weight is 204 g/mol. The summed E-state index contributed by atoms with van der Waals surface area (Å²) in [5.41, 5.74) is 5.66. The summed E-state index contributed by atoms with van der Waals surface area (Å²) >= 11 is 0. The lowest BCUT2D eigenvalue weighted by molar-refractivity contribution is 0.707. The minimum atomic E-state index is 0.522. The third-order valence-corrected chi connectivity index (χ3v) is 3.07. The van der Waals surface area contributed by atoms with Crippen LogP contribution in [0.4, 0.5) is 11.6 Å². The molecule has 1 heterocycles. The summed E-state index contributed by atoms with van der Waals surface area (Å²) in [4.78, 5) is 10.9. The second-order valence-electron chi connectivity index (χ2n) is 4.63. The normalized spacial score (nSPS) is 20.3. The molecule has 0 radical (unpaired) electrons. The van der Waals surface area contributed by atoms with Crippen LogP contribution in [0.5, 0.6) is 0 Å². The molecule has 0 unspecified atom stereocenters. The molecule has 0 aromatic carbocycles. The Morgan fingerprint density at radius 3 is 2.67 bits per heavy atom. The van der Waals surface area contributed by atoms with Crippen LogP contribution in [-0.2, 0) is 0 Å². The fraction of sp³-hybridized carbons (Fsp3) is 0.636. The standard InChI is InChI=1S/C11H16N4/c12-10-5-13-6-11(14-10)15(9-3-4-9)7-8-1-2-8/h5-6,8-9H,1-4,7H2,(H2,12,14). The van der Waals surface area contributed by atoms with Gasteiger partial charge in [-0.15, -0.1) is 0 Å². The van der Waals surface area contributed by atoms with Gasteiger partial charge in [0.1, 0.15) is 11.6 Å². The first kappa shape index (κ1) is 8.95. The molecule has 2 aliphatic rings. The number of hydrogen-bond acceptors (Lipinski definition) is 4. The van der Waals surface area contributed by atoms with E-state index in [4.69, 9.17) is 5.73 Å². The lowest BCUT2D eigenvalue weighted by Gasteiger charge is -2.23. The van der Waals surface area contributed by atoms with Crippen LogP contribution >= 0.6 is 0 Å². The topological polar surface area (TPSA) is 55.0 Å². The largest absolute Gasteiger partial charge is 0.382 e. The summed E-state index contributed by atoms with van der Waals surface area (Å²) < 4.78 is 0. The van der Waals surface area contributed by atoms with Gasteiger partial charge in [-0.05, 0) is 31.6 Å². The van der Waals surface area contributed by atoms with Crippen molar-refractivity contribution in [1.82, 2.24) is 9.97 Å². The molecule has 0 amide bonds. The van der Waals surface area contributed by atoms with Crippen molar-refractivity contribution in [3.63, 3.8) is 0 Å². The van der Waals surface area contributed by atoms with Gasteiger partial charge in [-0.2, -0.15) is 0 Å². The second kappa shape index (κ2) is 3.36. The van der Waals surface area contributed by atoms with Crippen LogP contribution in [0.1, 0.15) is 25.7 Å². The Hall–Kier alpha value is -1.32.